The molecular formula is C17H21Br. The summed E-state index contributed by atoms with van der Waals surface area (Å²) in [6.07, 6.45) is 7.51. The standard InChI is InChI=1S/C17H21Br/c18-11-17(10-12-6-7-14(17)8-12)16-9-15(16)13-4-2-1-3-5-13/h1-5,12,14-16H,6-11H2. The van der Waals surface area contributed by atoms with Crippen LogP contribution in [0.3, 0.4) is 0 Å². The minimum absolute atomic E-state index is 0.656. The van der Waals surface area contributed by atoms with Gasteiger partial charge >= 0.3 is 0 Å². The summed E-state index contributed by atoms with van der Waals surface area (Å²) >= 11 is 3.88. The molecule has 1 aromatic rings. The van der Waals surface area contributed by atoms with Crippen molar-refractivity contribution >= 4 is 15.9 Å². The second kappa shape index (κ2) is 4.10. The van der Waals surface area contributed by atoms with Crippen molar-refractivity contribution in [1.82, 2.24) is 0 Å². The van der Waals surface area contributed by atoms with E-state index in [0.29, 0.717) is 5.41 Å². The predicted molar refractivity (Wildman–Crippen MR) is 79.0 cm³/mol. The topological polar surface area (TPSA) is 0 Å². The van der Waals surface area contributed by atoms with E-state index < -0.39 is 0 Å². The third-order valence-electron chi connectivity index (χ3n) is 6.03. The van der Waals surface area contributed by atoms with Crippen LogP contribution in [0, 0.1) is 23.2 Å². The number of alkyl halides is 1. The molecule has 0 N–H and O–H groups in total. The SMILES string of the molecule is BrCC1(C2CC2c2ccccc2)CC2CCC1C2. The lowest BCUT2D eigenvalue weighted by Crippen LogP contribution is -2.32. The molecule has 0 heterocycles. The molecule has 1 aromatic carbocycles. The molecule has 0 amide bonds. The van der Waals surface area contributed by atoms with Gasteiger partial charge in [-0.25, -0.2) is 0 Å². The zero-order valence-electron chi connectivity index (χ0n) is 10.8. The molecule has 5 unspecified atom stereocenters. The minimum Gasteiger partial charge on any atom is -0.0922 e. The largest absolute Gasteiger partial charge is 0.0922 e. The van der Waals surface area contributed by atoms with Gasteiger partial charge in [0.15, 0.2) is 0 Å². The monoisotopic (exact) mass is 304 g/mol. The Morgan fingerprint density at radius 2 is 1.94 bits per heavy atom. The molecule has 3 saturated carbocycles. The molecule has 0 nitrogen and oxygen atoms in total. The average Bonchev–Trinajstić information content (AvgIpc) is 2.99. The summed E-state index contributed by atoms with van der Waals surface area (Å²) < 4.78 is 0. The van der Waals surface area contributed by atoms with Crippen LogP contribution >= 0.6 is 15.9 Å². The third kappa shape index (κ3) is 1.56. The zero-order chi connectivity index (χ0) is 12.2. The van der Waals surface area contributed by atoms with E-state index in [1.54, 1.807) is 5.56 Å². The molecule has 0 saturated heterocycles. The molecule has 0 radical (unpaired) electrons. The highest BCUT2D eigenvalue weighted by atomic mass is 79.9. The maximum atomic E-state index is 3.88. The Hall–Kier alpha value is -0.300. The number of rotatable bonds is 3. The van der Waals surface area contributed by atoms with Crippen molar-refractivity contribution in [1.29, 1.82) is 0 Å². The van der Waals surface area contributed by atoms with Gasteiger partial charge in [0.2, 0.25) is 0 Å². The molecule has 18 heavy (non-hydrogen) atoms. The smallest absolute Gasteiger partial charge is 0.00936 e. The average molecular weight is 305 g/mol. The number of halogens is 1. The molecule has 96 valence electrons. The highest BCUT2D eigenvalue weighted by Gasteiger charge is 2.60. The summed E-state index contributed by atoms with van der Waals surface area (Å²) in [5, 5.41) is 1.25. The summed E-state index contributed by atoms with van der Waals surface area (Å²) in [6.45, 7) is 0. The van der Waals surface area contributed by atoms with Crippen molar-refractivity contribution in [3.05, 3.63) is 35.9 Å². The Labute approximate surface area is 118 Å². The maximum Gasteiger partial charge on any atom is 0.00936 e. The van der Waals surface area contributed by atoms with Gasteiger partial charge in [-0.1, -0.05) is 52.7 Å². The van der Waals surface area contributed by atoms with Crippen LogP contribution in [0.15, 0.2) is 30.3 Å². The Morgan fingerprint density at radius 1 is 1.11 bits per heavy atom. The van der Waals surface area contributed by atoms with Gasteiger partial charge in [-0.15, -0.1) is 0 Å². The maximum absolute atomic E-state index is 3.88. The Kier molecular flexibility index (Phi) is 2.62. The fourth-order valence-corrected chi connectivity index (χ4v) is 6.21. The van der Waals surface area contributed by atoms with E-state index in [0.717, 1.165) is 23.7 Å². The highest BCUT2D eigenvalue weighted by molar-refractivity contribution is 9.09. The molecule has 4 rings (SSSR count). The van der Waals surface area contributed by atoms with E-state index in [1.165, 1.54) is 37.4 Å². The molecule has 3 aliphatic carbocycles. The highest BCUT2D eigenvalue weighted by Crippen LogP contribution is 2.69. The zero-order valence-corrected chi connectivity index (χ0v) is 12.4. The van der Waals surface area contributed by atoms with Gasteiger partial charge in [0.25, 0.3) is 0 Å². The first-order chi connectivity index (χ1) is 8.83. The summed E-state index contributed by atoms with van der Waals surface area (Å²) in [6, 6.07) is 11.2. The van der Waals surface area contributed by atoms with Crippen LogP contribution < -0.4 is 0 Å². The summed E-state index contributed by atoms with van der Waals surface area (Å²) in [5.41, 5.74) is 2.24. The lowest BCUT2D eigenvalue weighted by Gasteiger charge is -2.37. The van der Waals surface area contributed by atoms with Gasteiger partial charge in [0.05, 0.1) is 0 Å². The van der Waals surface area contributed by atoms with Crippen LogP contribution in [0.2, 0.25) is 0 Å². The van der Waals surface area contributed by atoms with Gasteiger partial charge in [-0.05, 0) is 60.3 Å². The van der Waals surface area contributed by atoms with Crippen LogP contribution in [0.25, 0.3) is 0 Å². The van der Waals surface area contributed by atoms with Crippen molar-refractivity contribution in [2.24, 2.45) is 23.2 Å². The quantitative estimate of drug-likeness (QED) is 0.690. The van der Waals surface area contributed by atoms with Crippen LogP contribution in [0.1, 0.15) is 43.6 Å². The fraction of sp³-hybridized carbons (Fsp3) is 0.647. The van der Waals surface area contributed by atoms with E-state index >= 15 is 0 Å². The van der Waals surface area contributed by atoms with E-state index in [-0.39, 0.29) is 0 Å². The number of benzene rings is 1. The van der Waals surface area contributed by atoms with Crippen LogP contribution in [-0.2, 0) is 0 Å². The molecule has 3 aliphatic rings. The number of hydrogen-bond acceptors (Lipinski definition) is 0. The summed E-state index contributed by atoms with van der Waals surface area (Å²) in [4.78, 5) is 0. The molecule has 0 aromatic heterocycles. The minimum atomic E-state index is 0.656. The van der Waals surface area contributed by atoms with Crippen LogP contribution in [0.5, 0.6) is 0 Å². The van der Waals surface area contributed by atoms with Crippen molar-refractivity contribution in [3.63, 3.8) is 0 Å². The van der Waals surface area contributed by atoms with E-state index in [1.807, 2.05) is 0 Å². The second-order valence-corrected chi connectivity index (χ2v) is 7.37. The predicted octanol–water partition coefficient (Wildman–Crippen LogP) is 4.99. The lowest BCUT2D eigenvalue weighted by molar-refractivity contribution is 0.159. The van der Waals surface area contributed by atoms with Gasteiger partial charge in [-0.3, -0.25) is 0 Å². The van der Waals surface area contributed by atoms with E-state index in [9.17, 15) is 0 Å². The molecule has 5 atom stereocenters. The first kappa shape index (κ1) is 11.5. The van der Waals surface area contributed by atoms with Crippen molar-refractivity contribution in [2.75, 3.05) is 5.33 Å². The van der Waals surface area contributed by atoms with Crippen molar-refractivity contribution in [2.45, 2.75) is 38.0 Å². The molecule has 2 bridgehead atoms. The van der Waals surface area contributed by atoms with Gasteiger partial charge in [-0.2, -0.15) is 0 Å². The van der Waals surface area contributed by atoms with Gasteiger partial charge in [0.1, 0.15) is 0 Å². The van der Waals surface area contributed by atoms with Crippen LogP contribution in [-0.4, -0.2) is 5.33 Å². The Morgan fingerprint density at radius 3 is 2.56 bits per heavy atom. The first-order valence-corrected chi connectivity index (χ1v) is 8.56. The summed E-state index contributed by atoms with van der Waals surface area (Å²) in [7, 11) is 0. The Balaban J connectivity index is 1.58. The normalized spacial score (nSPS) is 45.4. The Bertz CT molecular complexity index is 440. The number of hydrogen-bond donors (Lipinski definition) is 0. The molecule has 3 fully saturated rings. The lowest BCUT2D eigenvalue weighted by atomic mass is 9.70. The van der Waals surface area contributed by atoms with Crippen LogP contribution in [0.4, 0.5) is 0 Å². The third-order valence-corrected chi connectivity index (χ3v) is 7.07. The second-order valence-electron chi connectivity index (χ2n) is 6.81. The fourth-order valence-electron chi connectivity index (χ4n) is 5.10. The van der Waals surface area contributed by atoms with E-state index in [2.05, 4.69) is 46.3 Å². The van der Waals surface area contributed by atoms with Crippen molar-refractivity contribution < 1.29 is 0 Å². The van der Waals surface area contributed by atoms with Gasteiger partial charge in [0, 0.05) is 5.33 Å². The first-order valence-electron chi connectivity index (χ1n) is 7.44. The molecule has 1 heteroatoms. The molecule has 0 spiro atoms. The number of fused-ring (bicyclic) bond motifs is 2. The summed E-state index contributed by atoms with van der Waals surface area (Å²) in [5.74, 6) is 3.92. The van der Waals surface area contributed by atoms with Crippen molar-refractivity contribution in [3.8, 4) is 0 Å². The van der Waals surface area contributed by atoms with E-state index in [4.69, 9.17) is 0 Å². The van der Waals surface area contributed by atoms with Gasteiger partial charge < -0.3 is 0 Å². The molecule has 0 aliphatic heterocycles. The molecular weight excluding hydrogens is 284 g/mol.